The first kappa shape index (κ1) is 15.8. The van der Waals surface area contributed by atoms with E-state index in [4.69, 9.17) is 5.11 Å². The van der Waals surface area contributed by atoms with Crippen LogP contribution in [0.15, 0.2) is 23.8 Å². The summed E-state index contributed by atoms with van der Waals surface area (Å²) in [4.78, 5) is 22.1. The lowest BCUT2D eigenvalue weighted by Gasteiger charge is -2.10. The van der Waals surface area contributed by atoms with E-state index in [1.54, 1.807) is 0 Å². The van der Waals surface area contributed by atoms with E-state index in [0.29, 0.717) is 12.1 Å². The van der Waals surface area contributed by atoms with Crippen molar-refractivity contribution in [1.82, 2.24) is 5.32 Å². The molecule has 118 valence electrons. The second-order valence-corrected chi connectivity index (χ2v) is 4.54. The van der Waals surface area contributed by atoms with E-state index in [-0.39, 0.29) is 11.1 Å². The van der Waals surface area contributed by atoms with E-state index in [1.165, 1.54) is 0 Å². The highest BCUT2D eigenvalue weighted by Gasteiger charge is 2.38. The number of aliphatic hydroxyl groups is 2. The van der Waals surface area contributed by atoms with Gasteiger partial charge in [-0.05, 0) is 17.7 Å². The molecular weight excluding hydrogens is 307 g/mol. The fraction of sp³-hybridized carbons (Fsp3) is 0.231. The lowest BCUT2D eigenvalue weighted by atomic mass is 10.0. The summed E-state index contributed by atoms with van der Waals surface area (Å²) in [6, 6.07) is 2.29. The summed E-state index contributed by atoms with van der Waals surface area (Å²) in [7, 11) is 0. The SMILES string of the molecule is O=C(O)CNC(=O)C1=C(O)c2cc(C(F)(F)F)ccc2C1O. The zero-order valence-electron chi connectivity index (χ0n) is 10.8. The number of carbonyl (C=O) groups excluding carboxylic acids is 1. The van der Waals surface area contributed by atoms with E-state index < -0.39 is 47.6 Å². The monoisotopic (exact) mass is 317 g/mol. The summed E-state index contributed by atoms with van der Waals surface area (Å²) >= 11 is 0. The van der Waals surface area contributed by atoms with Gasteiger partial charge in [-0.2, -0.15) is 13.2 Å². The Balaban J connectivity index is 2.39. The second-order valence-electron chi connectivity index (χ2n) is 4.54. The van der Waals surface area contributed by atoms with Gasteiger partial charge in [0.25, 0.3) is 5.91 Å². The molecule has 1 aliphatic rings. The topological polar surface area (TPSA) is 107 Å². The van der Waals surface area contributed by atoms with Crippen molar-refractivity contribution in [1.29, 1.82) is 0 Å². The molecule has 0 saturated heterocycles. The predicted molar refractivity (Wildman–Crippen MR) is 66.6 cm³/mol. The van der Waals surface area contributed by atoms with Crippen molar-refractivity contribution in [2.24, 2.45) is 0 Å². The molecule has 0 spiro atoms. The van der Waals surface area contributed by atoms with E-state index in [0.717, 1.165) is 6.07 Å². The number of aliphatic hydroxyl groups excluding tert-OH is 2. The molecule has 1 aromatic carbocycles. The molecule has 0 aliphatic heterocycles. The van der Waals surface area contributed by atoms with Crippen LogP contribution in [0.3, 0.4) is 0 Å². The largest absolute Gasteiger partial charge is 0.507 e. The molecule has 0 heterocycles. The third-order valence-corrected chi connectivity index (χ3v) is 3.10. The van der Waals surface area contributed by atoms with Gasteiger partial charge in [-0.1, -0.05) is 6.07 Å². The van der Waals surface area contributed by atoms with Crippen molar-refractivity contribution < 1.29 is 38.1 Å². The molecule has 22 heavy (non-hydrogen) atoms. The highest BCUT2D eigenvalue weighted by molar-refractivity contribution is 6.04. The smallest absolute Gasteiger partial charge is 0.416 e. The number of carbonyl (C=O) groups is 2. The van der Waals surface area contributed by atoms with Crippen molar-refractivity contribution in [3.63, 3.8) is 0 Å². The molecule has 0 aromatic heterocycles. The Labute approximate surface area is 121 Å². The molecule has 0 fully saturated rings. The molecule has 0 saturated carbocycles. The fourth-order valence-electron chi connectivity index (χ4n) is 2.09. The van der Waals surface area contributed by atoms with Gasteiger partial charge in [0.05, 0.1) is 11.1 Å². The minimum Gasteiger partial charge on any atom is -0.507 e. The molecule has 1 aliphatic carbocycles. The van der Waals surface area contributed by atoms with Crippen molar-refractivity contribution in [2.75, 3.05) is 6.54 Å². The lowest BCUT2D eigenvalue weighted by Crippen LogP contribution is -2.31. The number of alkyl halides is 3. The Kier molecular flexibility index (Phi) is 3.84. The molecule has 0 bridgehead atoms. The van der Waals surface area contributed by atoms with Gasteiger partial charge < -0.3 is 20.6 Å². The van der Waals surface area contributed by atoms with E-state index in [9.17, 15) is 33.0 Å². The fourth-order valence-corrected chi connectivity index (χ4v) is 2.09. The van der Waals surface area contributed by atoms with Crippen LogP contribution in [0.4, 0.5) is 13.2 Å². The summed E-state index contributed by atoms with van der Waals surface area (Å²) in [5.41, 5.74) is -2.01. The summed E-state index contributed by atoms with van der Waals surface area (Å²) < 4.78 is 37.9. The van der Waals surface area contributed by atoms with Gasteiger partial charge in [-0.15, -0.1) is 0 Å². The molecule has 1 aromatic rings. The van der Waals surface area contributed by atoms with Gasteiger partial charge in [-0.3, -0.25) is 9.59 Å². The first-order valence-corrected chi connectivity index (χ1v) is 5.95. The molecule has 1 amide bonds. The normalized spacial score (nSPS) is 17.4. The van der Waals surface area contributed by atoms with Crippen LogP contribution in [0.1, 0.15) is 22.8 Å². The van der Waals surface area contributed by atoms with Gasteiger partial charge >= 0.3 is 12.1 Å². The van der Waals surface area contributed by atoms with Crippen molar-refractivity contribution in [3.8, 4) is 0 Å². The van der Waals surface area contributed by atoms with Crippen LogP contribution in [0.5, 0.6) is 0 Å². The van der Waals surface area contributed by atoms with E-state index >= 15 is 0 Å². The highest BCUT2D eigenvalue weighted by atomic mass is 19.4. The molecule has 1 atom stereocenters. The Morgan fingerprint density at radius 1 is 1.27 bits per heavy atom. The maximum atomic E-state index is 12.6. The number of benzene rings is 1. The predicted octanol–water partition coefficient (Wildman–Crippen LogP) is 1.22. The lowest BCUT2D eigenvalue weighted by molar-refractivity contribution is -0.138. The highest BCUT2D eigenvalue weighted by Crippen LogP contribution is 2.41. The number of nitrogens with one attached hydrogen (secondary N) is 1. The number of halogens is 3. The van der Waals surface area contributed by atoms with E-state index in [1.807, 2.05) is 5.32 Å². The van der Waals surface area contributed by atoms with Crippen LogP contribution >= 0.6 is 0 Å². The van der Waals surface area contributed by atoms with Crippen LogP contribution < -0.4 is 5.32 Å². The molecule has 2 rings (SSSR count). The zero-order valence-corrected chi connectivity index (χ0v) is 10.8. The Bertz CT molecular complexity index is 681. The summed E-state index contributed by atoms with van der Waals surface area (Å²) in [5.74, 6) is -3.23. The maximum absolute atomic E-state index is 12.6. The number of amides is 1. The van der Waals surface area contributed by atoms with Gasteiger partial charge in [0.2, 0.25) is 0 Å². The maximum Gasteiger partial charge on any atom is 0.416 e. The molecule has 6 nitrogen and oxygen atoms in total. The standard InChI is InChI=1S/C13H10F3NO5/c14-13(15,16)5-1-2-6-7(3-5)11(21)9(10(6)20)12(22)17-4-8(18)19/h1-3,10,20-21H,4H2,(H,17,22)(H,18,19). The minimum absolute atomic E-state index is 0.0639. The third kappa shape index (κ3) is 2.75. The summed E-state index contributed by atoms with van der Waals surface area (Å²) in [6.07, 6.45) is -6.28. The van der Waals surface area contributed by atoms with Crippen LogP contribution in [-0.2, 0) is 15.8 Å². The second kappa shape index (κ2) is 5.34. The van der Waals surface area contributed by atoms with Crippen LogP contribution in [0.25, 0.3) is 5.76 Å². The first-order valence-electron chi connectivity index (χ1n) is 5.95. The molecule has 1 unspecified atom stereocenters. The number of hydrogen-bond donors (Lipinski definition) is 4. The van der Waals surface area contributed by atoms with Crippen molar-refractivity contribution in [2.45, 2.75) is 12.3 Å². The van der Waals surface area contributed by atoms with Crippen molar-refractivity contribution >= 4 is 17.6 Å². The molecule has 4 N–H and O–H groups in total. The number of rotatable bonds is 3. The number of aliphatic carboxylic acids is 1. The van der Waals surface area contributed by atoms with Crippen LogP contribution in [0, 0.1) is 0 Å². The number of carboxylic acids is 1. The first-order chi connectivity index (χ1) is 10.1. The summed E-state index contributed by atoms with van der Waals surface area (Å²) in [5, 5.41) is 30.2. The average Bonchev–Trinajstić information content (AvgIpc) is 2.67. The average molecular weight is 317 g/mol. The number of fused-ring (bicyclic) bond motifs is 1. The molecule has 0 radical (unpaired) electrons. The number of carboxylic acid groups (broad SMARTS) is 1. The summed E-state index contributed by atoms with van der Waals surface area (Å²) in [6.45, 7) is -0.757. The van der Waals surface area contributed by atoms with Gasteiger partial charge in [0, 0.05) is 5.56 Å². The quantitative estimate of drug-likeness (QED) is 0.671. The molecule has 9 heteroatoms. The van der Waals surface area contributed by atoms with Gasteiger partial charge in [-0.25, -0.2) is 0 Å². The Hall–Kier alpha value is -2.55. The zero-order chi connectivity index (χ0) is 16.7. The van der Waals surface area contributed by atoms with E-state index in [2.05, 4.69) is 0 Å². The van der Waals surface area contributed by atoms with Gasteiger partial charge in [0.1, 0.15) is 18.4 Å². The van der Waals surface area contributed by atoms with Gasteiger partial charge in [0.15, 0.2) is 0 Å². The third-order valence-electron chi connectivity index (χ3n) is 3.10. The van der Waals surface area contributed by atoms with Crippen LogP contribution in [-0.4, -0.2) is 33.7 Å². The minimum atomic E-state index is -4.64. The number of hydrogen-bond acceptors (Lipinski definition) is 4. The van der Waals surface area contributed by atoms with Crippen LogP contribution in [0.2, 0.25) is 0 Å². The molecular formula is C13H10F3NO5. The Morgan fingerprint density at radius 3 is 2.45 bits per heavy atom. The van der Waals surface area contributed by atoms with Crippen molar-refractivity contribution in [3.05, 3.63) is 40.5 Å². The Morgan fingerprint density at radius 2 is 1.91 bits per heavy atom.